The molecule has 2 N–H and O–H groups in total. The number of carbonyl (C=O) groups excluding carboxylic acids is 3. The van der Waals surface area contributed by atoms with Crippen LogP contribution in [0.3, 0.4) is 0 Å². The van der Waals surface area contributed by atoms with Crippen molar-refractivity contribution in [1.82, 2.24) is 15.5 Å². The average molecular weight is 461 g/mol. The summed E-state index contributed by atoms with van der Waals surface area (Å²) in [4.78, 5) is 39.5. The van der Waals surface area contributed by atoms with Gasteiger partial charge >= 0.3 is 0 Å². The van der Waals surface area contributed by atoms with Crippen molar-refractivity contribution in [3.8, 4) is 0 Å². The summed E-state index contributed by atoms with van der Waals surface area (Å²) in [5.74, 6) is -2.96. The van der Waals surface area contributed by atoms with E-state index in [1.165, 1.54) is 19.2 Å². The topological polar surface area (TPSA) is 91.0 Å². The second-order valence-electron chi connectivity index (χ2n) is 7.50. The minimum absolute atomic E-state index is 0.0255. The first-order valence-corrected chi connectivity index (χ1v) is 10.2. The van der Waals surface area contributed by atoms with Crippen molar-refractivity contribution in [2.45, 2.75) is 18.9 Å². The summed E-state index contributed by atoms with van der Waals surface area (Å²) in [5, 5.41) is 4.45. The molecule has 8 nitrogen and oxygen atoms in total. The van der Waals surface area contributed by atoms with Crippen molar-refractivity contribution < 1.29 is 27.9 Å². The van der Waals surface area contributed by atoms with E-state index in [1.54, 1.807) is 23.8 Å². The average Bonchev–Trinajstić information content (AvgIpc) is 2.76. The lowest BCUT2D eigenvalue weighted by Gasteiger charge is -2.39. The first-order valence-electron chi connectivity index (χ1n) is 9.79. The lowest BCUT2D eigenvalue weighted by Crippen LogP contribution is -2.60. The third kappa shape index (κ3) is 5.69. The van der Waals surface area contributed by atoms with Crippen LogP contribution in [0.25, 0.3) is 0 Å². The van der Waals surface area contributed by atoms with Gasteiger partial charge in [-0.15, -0.1) is 0 Å². The number of nitrogens with one attached hydrogen (secondary N) is 2. The highest BCUT2D eigenvalue weighted by Crippen LogP contribution is 2.27. The molecule has 1 aromatic rings. The summed E-state index contributed by atoms with van der Waals surface area (Å²) in [5.41, 5.74) is -0.885. The molecule has 1 aliphatic heterocycles. The van der Waals surface area contributed by atoms with Gasteiger partial charge in [-0.05, 0) is 25.6 Å². The maximum atomic E-state index is 13.7. The zero-order valence-corrected chi connectivity index (χ0v) is 18.5. The highest BCUT2D eigenvalue weighted by Gasteiger charge is 2.41. The number of methoxy groups -OCH3 is 1. The molecule has 2 rings (SSSR count). The van der Waals surface area contributed by atoms with E-state index in [0.717, 1.165) is 0 Å². The van der Waals surface area contributed by atoms with Gasteiger partial charge in [0.1, 0.15) is 22.2 Å². The first kappa shape index (κ1) is 25.0. The highest BCUT2D eigenvalue weighted by molar-refractivity contribution is 6.31. The summed E-state index contributed by atoms with van der Waals surface area (Å²) in [7, 11) is 2.98. The van der Waals surface area contributed by atoms with Crippen LogP contribution in [0.5, 0.6) is 0 Å². The molecule has 0 saturated carbocycles. The molecule has 3 amide bonds. The number of anilines is 1. The number of likely N-dealkylation sites (N-methyl/N-ethyl adjacent to an activating group) is 1. The van der Waals surface area contributed by atoms with E-state index in [-0.39, 0.29) is 25.3 Å². The van der Waals surface area contributed by atoms with Gasteiger partial charge in [0.15, 0.2) is 0 Å². The Bertz CT molecular complexity index is 797. The van der Waals surface area contributed by atoms with Crippen molar-refractivity contribution in [1.29, 1.82) is 0 Å². The molecule has 0 aliphatic carbocycles. The van der Waals surface area contributed by atoms with Crippen LogP contribution in [0.1, 0.15) is 13.3 Å². The fourth-order valence-electron chi connectivity index (χ4n) is 3.77. The number of rotatable bonds is 9. The van der Waals surface area contributed by atoms with Gasteiger partial charge in [-0.3, -0.25) is 19.7 Å². The minimum atomic E-state index is -1.25. The highest BCUT2D eigenvalue weighted by atomic mass is 35.5. The molecule has 0 spiro atoms. The van der Waals surface area contributed by atoms with Crippen molar-refractivity contribution in [3.63, 3.8) is 0 Å². The molecule has 0 bridgehead atoms. The second kappa shape index (κ2) is 10.8. The molecule has 1 aromatic carbocycles. The SMILES string of the molecule is CNC(COC)(CC(C)C(=O)N1CCN(c2cc(F)c(Cl)c(F)c2)CC1)C(=O)NC=O. The second-order valence-corrected chi connectivity index (χ2v) is 7.88. The maximum Gasteiger partial charge on any atom is 0.249 e. The van der Waals surface area contributed by atoms with Gasteiger partial charge in [0.2, 0.25) is 18.2 Å². The molecule has 1 aliphatic rings. The van der Waals surface area contributed by atoms with Gasteiger partial charge in [0.05, 0.1) is 6.61 Å². The van der Waals surface area contributed by atoms with Crippen molar-refractivity contribution in [2.24, 2.45) is 5.92 Å². The van der Waals surface area contributed by atoms with E-state index in [1.807, 2.05) is 0 Å². The summed E-state index contributed by atoms with van der Waals surface area (Å²) >= 11 is 5.53. The molecule has 172 valence electrons. The van der Waals surface area contributed by atoms with E-state index < -0.39 is 34.0 Å². The molecule has 11 heteroatoms. The van der Waals surface area contributed by atoms with Gasteiger partial charge < -0.3 is 19.9 Å². The zero-order valence-electron chi connectivity index (χ0n) is 17.7. The van der Waals surface area contributed by atoms with Crippen LogP contribution in [0.2, 0.25) is 5.02 Å². The number of benzene rings is 1. The predicted octanol–water partition coefficient (Wildman–Crippen LogP) is 1.17. The number of halogens is 3. The minimum Gasteiger partial charge on any atom is -0.382 e. The van der Waals surface area contributed by atoms with Gasteiger partial charge in [-0.1, -0.05) is 18.5 Å². The standard InChI is InChI=1S/C20H27ClF2N4O4/c1-13(10-20(24-2,11-31-3)19(30)25-12-28)18(29)27-6-4-26(5-7-27)14-8-15(22)17(21)16(23)9-14/h8-9,12-13,24H,4-7,10-11H2,1-3H3,(H,25,28,30). The molecule has 2 atom stereocenters. The van der Waals surface area contributed by atoms with E-state index in [0.29, 0.717) is 31.9 Å². The fraction of sp³-hybridized carbons (Fsp3) is 0.550. The Balaban J connectivity index is 2.04. The van der Waals surface area contributed by atoms with Crippen molar-refractivity contribution >= 4 is 35.5 Å². The van der Waals surface area contributed by atoms with Gasteiger partial charge in [-0.2, -0.15) is 0 Å². The molecule has 1 saturated heterocycles. The van der Waals surface area contributed by atoms with Crippen molar-refractivity contribution in [3.05, 3.63) is 28.8 Å². The number of nitrogens with zero attached hydrogens (tertiary/aromatic N) is 2. The number of imide groups is 1. The molecule has 0 radical (unpaired) electrons. The van der Waals surface area contributed by atoms with Gasteiger partial charge in [-0.25, -0.2) is 8.78 Å². The van der Waals surface area contributed by atoms with Crippen LogP contribution in [0.4, 0.5) is 14.5 Å². The Morgan fingerprint density at radius 3 is 2.32 bits per heavy atom. The lowest BCUT2D eigenvalue weighted by atomic mass is 9.87. The van der Waals surface area contributed by atoms with Crippen molar-refractivity contribution in [2.75, 3.05) is 51.8 Å². The van der Waals surface area contributed by atoms with Gasteiger partial charge in [0.25, 0.3) is 0 Å². The Hall–Kier alpha value is -2.30. The monoisotopic (exact) mass is 460 g/mol. The number of amides is 3. The van der Waals surface area contributed by atoms with E-state index in [9.17, 15) is 23.2 Å². The molecular formula is C20H27ClF2N4O4. The number of hydrogen-bond acceptors (Lipinski definition) is 6. The third-order valence-corrected chi connectivity index (χ3v) is 5.86. The summed E-state index contributed by atoms with van der Waals surface area (Å²) < 4.78 is 32.6. The molecule has 1 fully saturated rings. The van der Waals surface area contributed by atoms with Crippen LogP contribution in [0.15, 0.2) is 12.1 Å². The summed E-state index contributed by atoms with van der Waals surface area (Å²) in [6, 6.07) is 2.34. The summed E-state index contributed by atoms with van der Waals surface area (Å²) in [6.07, 6.45) is 0.405. The summed E-state index contributed by atoms with van der Waals surface area (Å²) in [6.45, 7) is 3.16. The van der Waals surface area contributed by atoms with E-state index in [4.69, 9.17) is 16.3 Å². The number of piperazine rings is 1. The first-order chi connectivity index (χ1) is 14.7. The third-order valence-electron chi connectivity index (χ3n) is 5.50. The fourth-order valence-corrected chi connectivity index (χ4v) is 3.88. The number of carbonyl (C=O) groups is 3. The van der Waals surface area contributed by atoms with Crippen LogP contribution in [-0.4, -0.2) is 75.6 Å². The molecular weight excluding hydrogens is 434 g/mol. The van der Waals surface area contributed by atoms with Crippen LogP contribution >= 0.6 is 11.6 Å². The zero-order chi connectivity index (χ0) is 23.2. The number of ether oxygens (including phenoxy) is 1. The lowest BCUT2D eigenvalue weighted by molar-refractivity contribution is -0.138. The Labute approximate surface area is 184 Å². The normalized spacial score (nSPS) is 17.1. The maximum absolute atomic E-state index is 13.7. The quantitative estimate of drug-likeness (QED) is 0.424. The Morgan fingerprint density at radius 1 is 1.26 bits per heavy atom. The van der Waals surface area contributed by atoms with Crippen LogP contribution in [-0.2, 0) is 19.1 Å². The van der Waals surface area contributed by atoms with Gasteiger partial charge in [0, 0.05) is 44.9 Å². The largest absolute Gasteiger partial charge is 0.382 e. The van der Waals surface area contributed by atoms with E-state index in [2.05, 4.69) is 10.6 Å². The molecule has 2 unspecified atom stereocenters. The number of hydrogen-bond donors (Lipinski definition) is 2. The molecule has 1 heterocycles. The van der Waals surface area contributed by atoms with Crippen LogP contribution < -0.4 is 15.5 Å². The smallest absolute Gasteiger partial charge is 0.249 e. The Morgan fingerprint density at radius 2 is 1.84 bits per heavy atom. The van der Waals surface area contributed by atoms with E-state index >= 15 is 0 Å². The molecule has 31 heavy (non-hydrogen) atoms. The Kier molecular flexibility index (Phi) is 8.72. The van der Waals surface area contributed by atoms with Crippen LogP contribution in [0, 0.1) is 17.6 Å². The predicted molar refractivity (Wildman–Crippen MR) is 112 cm³/mol. The molecule has 0 aromatic heterocycles.